The van der Waals surface area contributed by atoms with Gasteiger partial charge < -0.3 is 50.5 Å². The molecule has 0 aliphatic carbocycles. The molecule has 8 N–H and O–H groups in total. The van der Waals surface area contributed by atoms with Gasteiger partial charge in [0.1, 0.15) is 36.6 Å². The summed E-state index contributed by atoms with van der Waals surface area (Å²) >= 11 is 0. The minimum absolute atomic E-state index is 0.267. The SMILES string of the molecule is CCCCCCCCCCCCCCCCCCCCCC(O)C(=O)NC(COC1OC(CO)C(O)C(O)C1O)C(O)C(O)CCCCCCCCCCCCCCCCCCCCC. The molecule has 0 aromatic rings. The maximum atomic E-state index is 13.2. The van der Waals surface area contributed by atoms with Gasteiger partial charge in [0.05, 0.1) is 25.4 Å². The highest BCUT2D eigenvalue weighted by atomic mass is 16.7. The van der Waals surface area contributed by atoms with Gasteiger partial charge in [0.2, 0.25) is 5.91 Å². The average Bonchev–Trinajstić information content (AvgIpc) is 3.31. The van der Waals surface area contributed by atoms with E-state index in [1.165, 1.54) is 193 Å². The third kappa shape index (κ3) is 33.3. The van der Waals surface area contributed by atoms with Crippen molar-refractivity contribution in [2.45, 2.75) is 326 Å². The molecule has 0 radical (unpaired) electrons. The van der Waals surface area contributed by atoms with Crippen molar-refractivity contribution < 1.29 is 50.0 Å². The highest BCUT2D eigenvalue weighted by molar-refractivity contribution is 5.80. The van der Waals surface area contributed by atoms with Crippen LogP contribution in [0.5, 0.6) is 0 Å². The largest absolute Gasteiger partial charge is 0.394 e. The molecular weight excluding hydrogens is 823 g/mol. The molecule has 1 rings (SSSR count). The molecule has 1 aliphatic rings. The molecule has 9 atom stereocenters. The van der Waals surface area contributed by atoms with Gasteiger partial charge >= 0.3 is 0 Å². The molecule has 388 valence electrons. The van der Waals surface area contributed by atoms with Crippen molar-refractivity contribution in [2.75, 3.05) is 13.2 Å². The topological polar surface area (TPSA) is 189 Å². The number of nitrogens with one attached hydrogen (secondary N) is 1. The third-order valence-corrected chi connectivity index (χ3v) is 13.9. The molecule has 0 aromatic carbocycles. The first kappa shape index (κ1) is 62.1. The number of carbonyl (C=O) groups excluding carboxylic acids is 1. The monoisotopic (exact) mass is 930 g/mol. The molecule has 11 nitrogen and oxygen atoms in total. The summed E-state index contributed by atoms with van der Waals surface area (Å²) in [5.41, 5.74) is 0. The lowest BCUT2D eigenvalue weighted by atomic mass is 9.98. The molecule has 65 heavy (non-hydrogen) atoms. The van der Waals surface area contributed by atoms with E-state index in [9.17, 15) is 40.5 Å². The lowest BCUT2D eigenvalue weighted by Crippen LogP contribution is -2.60. The Hall–Kier alpha value is -0.890. The van der Waals surface area contributed by atoms with E-state index in [1.807, 2.05) is 0 Å². The Morgan fingerprint density at radius 2 is 0.800 bits per heavy atom. The fraction of sp³-hybridized carbons (Fsp3) is 0.981. The Morgan fingerprint density at radius 1 is 0.477 bits per heavy atom. The van der Waals surface area contributed by atoms with Crippen LogP contribution in [0.2, 0.25) is 0 Å². The van der Waals surface area contributed by atoms with Crippen LogP contribution >= 0.6 is 0 Å². The first-order valence-corrected chi connectivity index (χ1v) is 27.9. The summed E-state index contributed by atoms with van der Waals surface area (Å²) in [6, 6.07) is -1.16. The quantitative estimate of drug-likeness (QED) is 0.0273. The van der Waals surface area contributed by atoms with E-state index in [-0.39, 0.29) is 6.42 Å². The lowest BCUT2D eigenvalue weighted by Gasteiger charge is -2.40. The number of aliphatic hydroxyl groups excluding tert-OH is 7. The van der Waals surface area contributed by atoms with Crippen LogP contribution in [0.3, 0.4) is 0 Å². The van der Waals surface area contributed by atoms with E-state index >= 15 is 0 Å². The van der Waals surface area contributed by atoms with Crippen molar-refractivity contribution in [1.29, 1.82) is 0 Å². The zero-order valence-electron chi connectivity index (χ0n) is 42.2. The minimum atomic E-state index is -1.66. The average molecular weight is 930 g/mol. The summed E-state index contributed by atoms with van der Waals surface area (Å²) in [6.45, 7) is 3.49. The molecule has 1 amide bonds. The molecule has 0 bridgehead atoms. The second kappa shape index (κ2) is 44.3. The van der Waals surface area contributed by atoms with Gasteiger partial charge in [0.25, 0.3) is 0 Å². The summed E-state index contributed by atoms with van der Waals surface area (Å²) in [6.07, 6.45) is 37.1. The van der Waals surface area contributed by atoms with E-state index in [0.717, 1.165) is 38.5 Å². The molecule has 1 aliphatic heterocycles. The standard InChI is InChI=1S/C54H107NO10/c1-3-5-7-9-11-13-15-17-19-21-23-25-27-29-31-33-35-37-39-41-46(57)49(59)45(44-64-54-52(62)51(61)50(60)48(43-56)65-54)55-53(63)47(58)42-40-38-36-34-32-30-28-26-24-22-20-18-16-14-12-10-8-6-4-2/h45-52,54,56-62H,3-44H2,1-2H3,(H,55,63). The molecule has 1 saturated heterocycles. The van der Waals surface area contributed by atoms with Crippen molar-refractivity contribution >= 4 is 5.91 Å². The van der Waals surface area contributed by atoms with Gasteiger partial charge in [-0.15, -0.1) is 0 Å². The van der Waals surface area contributed by atoms with Crippen molar-refractivity contribution in [3.63, 3.8) is 0 Å². The van der Waals surface area contributed by atoms with Gasteiger partial charge in [0, 0.05) is 0 Å². The number of hydrogen-bond acceptors (Lipinski definition) is 10. The van der Waals surface area contributed by atoms with E-state index in [0.29, 0.717) is 19.3 Å². The normalized spacial score (nSPS) is 20.8. The van der Waals surface area contributed by atoms with E-state index < -0.39 is 74.2 Å². The highest BCUT2D eigenvalue weighted by Gasteiger charge is 2.44. The van der Waals surface area contributed by atoms with Crippen molar-refractivity contribution in [1.82, 2.24) is 5.32 Å². The van der Waals surface area contributed by atoms with Crippen LogP contribution in [-0.4, -0.2) is 110 Å². The molecule has 1 heterocycles. The number of carbonyl (C=O) groups is 1. The van der Waals surface area contributed by atoms with Crippen molar-refractivity contribution in [2.24, 2.45) is 0 Å². The molecule has 11 heteroatoms. The maximum absolute atomic E-state index is 13.2. The Morgan fingerprint density at radius 3 is 1.14 bits per heavy atom. The summed E-state index contributed by atoms with van der Waals surface area (Å²) in [7, 11) is 0. The summed E-state index contributed by atoms with van der Waals surface area (Å²) in [5.74, 6) is -0.690. The number of aliphatic hydroxyl groups is 7. The van der Waals surface area contributed by atoms with E-state index in [4.69, 9.17) is 9.47 Å². The smallest absolute Gasteiger partial charge is 0.249 e. The maximum Gasteiger partial charge on any atom is 0.249 e. The second-order valence-electron chi connectivity index (χ2n) is 20.0. The van der Waals surface area contributed by atoms with E-state index in [2.05, 4.69) is 19.2 Å². The zero-order chi connectivity index (χ0) is 47.6. The summed E-state index contributed by atoms with van der Waals surface area (Å²) < 4.78 is 11.1. The predicted molar refractivity (Wildman–Crippen MR) is 266 cm³/mol. The van der Waals surface area contributed by atoms with Gasteiger partial charge in [-0.25, -0.2) is 0 Å². The molecule has 1 fully saturated rings. The Bertz CT molecular complexity index is 1020. The number of ether oxygens (including phenoxy) is 2. The first-order chi connectivity index (χ1) is 31.7. The van der Waals surface area contributed by atoms with E-state index in [1.54, 1.807) is 0 Å². The van der Waals surface area contributed by atoms with Crippen LogP contribution in [0.25, 0.3) is 0 Å². The Labute approximate surface area is 399 Å². The van der Waals surface area contributed by atoms with Gasteiger partial charge in [-0.1, -0.05) is 258 Å². The lowest BCUT2D eigenvalue weighted by molar-refractivity contribution is -0.303. The Kier molecular flexibility index (Phi) is 42.4. The van der Waals surface area contributed by atoms with Crippen LogP contribution in [-0.2, 0) is 14.3 Å². The van der Waals surface area contributed by atoms with Gasteiger partial charge in [-0.05, 0) is 12.8 Å². The van der Waals surface area contributed by atoms with Crippen LogP contribution in [0.15, 0.2) is 0 Å². The predicted octanol–water partition coefficient (Wildman–Crippen LogP) is 11.0. The van der Waals surface area contributed by atoms with Crippen LogP contribution in [0.4, 0.5) is 0 Å². The van der Waals surface area contributed by atoms with Crippen LogP contribution in [0, 0.1) is 0 Å². The molecule has 0 aromatic heterocycles. The highest BCUT2D eigenvalue weighted by Crippen LogP contribution is 2.23. The third-order valence-electron chi connectivity index (χ3n) is 13.9. The van der Waals surface area contributed by atoms with Crippen molar-refractivity contribution in [3.05, 3.63) is 0 Å². The van der Waals surface area contributed by atoms with Gasteiger partial charge in [0.15, 0.2) is 6.29 Å². The molecule has 0 saturated carbocycles. The number of unbranched alkanes of at least 4 members (excludes halogenated alkanes) is 36. The fourth-order valence-corrected chi connectivity index (χ4v) is 9.33. The zero-order valence-corrected chi connectivity index (χ0v) is 42.2. The first-order valence-electron chi connectivity index (χ1n) is 27.9. The fourth-order valence-electron chi connectivity index (χ4n) is 9.33. The molecular formula is C54H107NO10. The Balaban J connectivity index is 2.33. The van der Waals surface area contributed by atoms with Crippen LogP contribution in [0.1, 0.15) is 271 Å². The van der Waals surface area contributed by atoms with Crippen molar-refractivity contribution in [3.8, 4) is 0 Å². The second-order valence-corrected chi connectivity index (χ2v) is 20.0. The molecule has 9 unspecified atom stereocenters. The van der Waals surface area contributed by atoms with Gasteiger partial charge in [-0.2, -0.15) is 0 Å². The summed E-state index contributed by atoms with van der Waals surface area (Å²) in [4.78, 5) is 13.2. The minimum Gasteiger partial charge on any atom is -0.394 e. The van der Waals surface area contributed by atoms with Gasteiger partial charge in [-0.3, -0.25) is 4.79 Å². The van der Waals surface area contributed by atoms with Crippen LogP contribution < -0.4 is 5.32 Å². The molecule has 0 spiro atoms. The number of rotatable bonds is 48. The number of hydrogen-bond donors (Lipinski definition) is 8. The number of amides is 1. The summed E-state index contributed by atoms with van der Waals surface area (Å²) in [5, 5.41) is 76.1.